The van der Waals surface area contributed by atoms with Crippen molar-refractivity contribution in [2.75, 3.05) is 10.6 Å². The van der Waals surface area contributed by atoms with Crippen molar-refractivity contribution in [3.63, 3.8) is 0 Å². The second kappa shape index (κ2) is 8.13. The molecule has 0 aromatic heterocycles. The number of para-hydroxylation sites is 1. The SMILES string of the molecule is Cc1cccc(NC(=O)CC2N=C(/N=C(\N)Nc3ccccc3)NC2=O)c1. The molecule has 1 heterocycles. The van der Waals surface area contributed by atoms with Crippen molar-refractivity contribution in [3.8, 4) is 0 Å². The van der Waals surface area contributed by atoms with Crippen LogP contribution in [0.3, 0.4) is 0 Å². The molecule has 8 nitrogen and oxygen atoms in total. The second-order valence-electron chi connectivity index (χ2n) is 6.07. The van der Waals surface area contributed by atoms with Crippen LogP contribution < -0.4 is 21.7 Å². The fraction of sp³-hybridized carbons (Fsp3) is 0.158. The highest BCUT2D eigenvalue weighted by atomic mass is 16.2. The number of aliphatic imine (C=N–C) groups is 2. The van der Waals surface area contributed by atoms with Crippen molar-refractivity contribution in [1.82, 2.24) is 5.32 Å². The summed E-state index contributed by atoms with van der Waals surface area (Å²) in [7, 11) is 0. The molecule has 2 amide bonds. The van der Waals surface area contributed by atoms with Gasteiger partial charge in [0.25, 0.3) is 5.91 Å². The molecule has 1 aliphatic heterocycles. The van der Waals surface area contributed by atoms with Gasteiger partial charge < -0.3 is 16.4 Å². The molecule has 1 atom stereocenters. The van der Waals surface area contributed by atoms with Crippen LogP contribution in [-0.4, -0.2) is 29.8 Å². The fourth-order valence-electron chi connectivity index (χ4n) is 2.55. The van der Waals surface area contributed by atoms with Gasteiger partial charge in [-0.3, -0.25) is 14.9 Å². The van der Waals surface area contributed by atoms with E-state index in [9.17, 15) is 9.59 Å². The van der Waals surface area contributed by atoms with Gasteiger partial charge in [0.05, 0.1) is 6.42 Å². The highest BCUT2D eigenvalue weighted by Gasteiger charge is 2.28. The van der Waals surface area contributed by atoms with Gasteiger partial charge >= 0.3 is 0 Å². The Balaban J connectivity index is 1.60. The highest BCUT2D eigenvalue weighted by Crippen LogP contribution is 2.12. The van der Waals surface area contributed by atoms with Crippen LogP contribution in [0.15, 0.2) is 64.6 Å². The molecular weight excluding hydrogens is 344 g/mol. The Hall–Kier alpha value is -3.68. The first-order valence-corrected chi connectivity index (χ1v) is 8.41. The standard InChI is InChI=1S/C19H20N6O2/c1-12-6-5-9-14(10-12)21-16(26)11-15-17(27)24-19(23-15)25-18(20)22-13-7-3-2-4-8-13/h2-10,15H,11H2,1H3,(H,21,26)(H4,20,22,23,24,25,27). The van der Waals surface area contributed by atoms with Crippen molar-refractivity contribution in [1.29, 1.82) is 0 Å². The lowest BCUT2D eigenvalue weighted by Crippen LogP contribution is -2.32. The van der Waals surface area contributed by atoms with E-state index < -0.39 is 6.04 Å². The zero-order chi connectivity index (χ0) is 19.2. The lowest BCUT2D eigenvalue weighted by molar-refractivity contribution is -0.123. The van der Waals surface area contributed by atoms with E-state index in [0.29, 0.717) is 5.69 Å². The summed E-state index contributed by atoms with van der Waals surface area (Å²) in [5, 5.41) is 8.17. The number of carbonyl (C=O) groups is 2. The number of anilines is 2. The monoisotopic (exact) mass is 364 g/mol. The number of nitrogens with zero attached hydrogens (tertiary/aromatic N) is 2. The molecule has 0 saturated carbocycles. The maximum atomic E-state index is 12.2. The Morgan fingerprint density at radius 3 is 2.63 bits per heavy atom. The van der Waals surface area contributed by atoms with Crippen molar-refractivity contribution >= 4 is 35.1 Å². The van der Waals surface area contributed by atoms with E-state index in [4.69, 9.17) is 5.73 Å². The quantitative estimate of drug-likeness (QED) is 0.486. The van der Waals surface area contributed by atoms with Gasteiger partial charge in [-0.1, -0.05) is 30.3 Å². The molecule has 1 aliphatic rings. The highest BCUT2D eigenvalue weighted by molar-refractivity contribution is 6.11. The Bertz CT molecular complexity index is 907. The summed E-state index contributed by atoms with van der Waals surface area (Å²) in [5.41, 5.74) is 8.29. The minimum atomic E-state index is -0.835. The molecule has 0 radical (unpaired) electrons. The van der Waals surface area contributed by atoms with Gasteiger partial charge in [0.15, 0.2) is 0 Å². The average Bonchev–Trinajstić information content (AvgIpc) is 2.94. The molecule has 0 aliphatic carbocycles. The van der Waals surface area contributed by atoms with Crippen LogP contribution in [-0.2, 0) is 9.59 Å². The lowest BCUT2D eigenvalue weighted by atomic mass is 10.2. The number of hydrogen-bond donors (Lipinski definition) is 4. The summed E-state index contributed by atoms with van der Waals surface area (Å²) in [6.45, 7) is 1.93. The molecular formula is C19H20N6O2. The number of aryl methyl sites for hydroxylation is 1. The molecule has 0 fully saturated rings. The number of nitrogens with two attached hydrogens (primary N) is 1. The Morgan fingerprint density at radius 1 is 1.15 bits per heavy atom. The zero-order valence-corrected chi connectivity index (χ0v) is 14.8. The van der Waals surface area contributed by atoms with Gasteiger partial charge in [-0.25, -0.2) is 4.99 Å². The minimum Gasteiger partial charge on any atom is -0.369 e. The predicted molar refractivity (Wildman–Crippen MR) is 105 cm³/mol. The van der Waals surface area contributed by atoms with E-state index >= 15 is 0 Å². The smallest absolute Gasteiger partial charge is 0.252 e. The number of benzene rings is 2. The molecule has 0 saturated heterocycles. The summed E-state index contributed by atoms with van der Waals surface area (Å²) in [4.78, 5) is 32.4. The van der Waals surface area contributed by atoms with Gasteiger partial charge in [-0.05, 0) is 36.8 Å². The van der Waals surface area contributed by atoms with Crippen LogP contribution in [0.25, 0.3) is 0 Å². The number of rotatable bonds is 4. The van der Waals surface area contributed by atoms with Gasteiger partial charge in [0, 0.05) is 11.4 Å². The molecule has 27 heavy (non-hydrogen) atoms. The number of amides is 2. The molecule has 0 bridgehead atoms. The van der Waals surface area contributed by atoms with Crippen LogP contribution in [0.4, 0.5) is 11.4 Å². The molecule has 1 unspecified atom stereocenters. The summed E-state index contributed by atoms with van der Waals surface area (Å²) < 4.78 is 0. The Kier molecular flexibility index (Phi) is 5.46. The van der Waals surface area contributed by atoms with E-state index in [-0.39, 0.29) is 30.2 Å². The molecule has 3 rings (SSSR count). The molecule has 2 aromatic rings. The van der Waals surface area contributed by atoms with Gasteiger partial charge in [-0.15, -0.1) is 0 Å². The lowest BCUT2D eigenvalue weighted by Gasteiger charge is -2.07. The van der Waals surface area contributed by atoms with Crippen LogP contribution in [0.2, 0.25) is 0 Å². The van der Waals surface area contributed by atoms with Crippen LogP contribution in [0, 0.1) is 6.92 Å². The van der Waals surface area contributed by atoms with Gasteiger partial charge in [0.2, 0.25) is 17.8 Å². The average molecular weight is 364 g/mol. The Morgan fingerprint density at radius 2 is 1.89 bits per heavy atom. The van der Waals surface area contributed by atoms with E-state index in [0.717, 1.165) is 11.3 Å². The first-order chi connectivity index (χ1) is 13.0. The van der Waals surface area contributed by atoms with Crippen LogP contribution in [0.1, 0.15) is 12.0 Å². The minimum absolute atomic E-state index is 0.0780. The van der Waals surface area contributed by atoms with Crippen molar-refractivity contribution < 1.29 is 9.59 Å². The van der Waals surface area contributed by atoms with Crippen LogP contribution >= 0.6 is 0 Å². The third-order valence-corrected chi connectivity index (χ3v) is 3.77. The predicted octanol–water partition coefficient (Wildman–Crippen LogP) is 1.60. The first kappa shape index (κ1) is 18.1. The first-order valence-electron chi connectivity index (χ1n) is 8.41. The van der Waals surface area contributed by atoms with Gasteiger partial charge in [0.1, 0.15) is 6.04 Å². The topological polar surface area (TPSA) is 121 Å². The molecule has 2 aromatic carbocycles. The van der Waals surface area contributed by atoms with Crippen molar-refractivity contribution in [3.05, 3.63) is 60.2 Å². The third kappa shape index (κ3) is 5.15. The largest absolute Gasteiger partial charge is 0.369 e. The maximum Gasteiger partial charge on any atom is 0.252 e. The molecule has 8 heteroatoms. The van der Waals surface area contributed by atoms with E-state index in [1.165, 1.54) is 0 Å². The van der Waals surface area contributed by atoms with Crippen molar-refractivity contribution in [2.45, 2.75) is 19.4 Å². The number of carbonyl (C=O) groups excluding carboxylic acids is 2. The number of guanidine groups is 2. The van der Waals surface area contributed by atoms with E-state index in [1.807, 2.05) is 55.5 Å². The Labute approximate surface area is 156 Å². The second-order valence-corrected chi connectivity index (χ2v) is 6.07. The summed E-state index contributed by atoms with van der Waals surface area (Å²) in [6.07, 6.45) is -0.0786. The summed E-state index contributed by atoms with van der Waals surface area (Å²) in [5.74, 6) is -0.523. The van der Waals surface area contributed by atoms with E-state index in [2.05, 4.69) is 25.9 Å². The van der Waals surface area contributed by atoms with Crippen LogP contribution in [0.5, 0.6) is 0 Å². The summed E-state index contributed by atoms with van der Waals surface area (Å²) >= 11 is 0. The maximum absolute atomic E-state index is 12.2. The molecule has 0 spiro atoms. The fourth-order valence-corrected chi connectivity index (χ4v) is 2.55. The zero-order valence-electron chi connectivity index (χ0n) is 14.8. The number of hydrogen-bond acceptors (Lipinski definition) is 4. The van der Waals surface area contributed by atoms with Crippen molar-refractivity contribution in [2.24, 2.45) is 15.7 Å². The van der Waals surface area contributed by atoms with Gasteiger partial charge in [-0.2, -0.15) is 4.99 Å². The third-order valence-electron chi connectivity index (χ3n) is 3.77. The normalized spacial score (nSPS) is 16.5. The summed E-state index contributed by atoms with van der Waals surface area (Å²) in [6, 6.07) is 15.8. The van der Waals surface area contributed by atoms with E-state index in [1.54, 1.807) is 6.07 Å². The molecule has 5 N–H and O–H groups in total. The number of nitrogens with one attached hydrogen (secondary N) is 3. The molecule has 138 valence electrons.